The maximum atomic E-state index is 5.18. The summed E-state index contributed by atoms with van der Waals surface area (Å²) in [5.41, 5.74) is 1.58. The van der Waals surface area contributed by atoms with Gasteiger partial charge in [0.25, 0.3) is 0 Å². The molecular formula is C17H27N3O. The van der Waals surface area contributed by atoms with E-state index in [-0.39, 0.29) is 0 Å². The summed E-state index contributed by atoms with van der Waals surface area (Å²) in [6.07, 6.45) is 1.22. The van der Waals surface area contributed by atoms with Gasteiger partial charge in [0.2, 0.25) is 0 Å². The number of hydrogen-bond acceptors (Lipinski definition) is 2. The number of rotatable bonds is 4. The van der Waals surface area contributed by atoms with Crippen molar-refractivity contribution < 1.29 is 4.74 Å². The largest absolute Gasteiger partial charge is 0.497 e. The third kappa shape index (κ3) is 4.38. The molecule has 0 saturated carbocycles. The summed E-state index contributed by atoms with van der Waals surface area (Å²) < 4.78 is 5.18. The van der Waals surface area contributed by atoms with Crippen molar-refractivity contribution in [2.45, 2.75) is 33.7 Å². The van der Waals surface area contributed by atoms with Crippen LogP contribution in [0.2, 0.25) is 0 Å². The first-order chi connectivity index (χ1) is 10.0. The quantitative estimate of drug-likeness (QED) is 0.684. The Bertz CT molecular complexity index is 479. The molecule has 1 aromatic rings. The highest BCUT2D eigenvalue weighted by atomic mass is 16.5. The molecule has 0 atom stereocenters. The number of hydrogen-bond donors (Lipinski definition) is 1. The van der Waals surface area contributed by atoms with Crippen molar-refractivity contribution >= 4 is 5.96 Å². The molecule has 1 aromatic carbocycles. The summed E-state index contributed by atoms with van der Waals surface area (Å²) in [7, 11) is 1.69. The highest BCUT2D eigenvalue weighted by Crippen LogP contribution is 2.28. The molecule has 0 unspecified atom stereocenters. The molecule has 4 nitrogen and oxygen atoms in total. The molecule has 0 spiro atoms. The first-order valence-electron chi connectivity index (χ1n) is 7.70. The van der Waals surface area contributed by atoms with E-state index in [4.69, 9.17) is 9.73 Å². The summed E-state index contributed by atoms with van der Waals surface area (Å²) in [4.78, 5) is 7.15. The third-order valence-corrected chi connectivity index (χ3v) is 3.88. The van der Waals surface area contributed by atoms with Crippen LogP contribution in [0.5, 0.6) is 5.75 Å². The average molecular weight is 289 g/mol. The van der Waals surface area contributed by atoms with Gasteiger partial charge >= 0.3 is 0 Å². The number of likely N-dealkylation sites (tertiary alicyclic amines) is 1. The van der Waals surface area contributed by atoms with Gasteiger partial charge in [-0.2, -0.15) is 0 Å². The van der Waals surface area contributed by atoms with Crippen LogP contribution in [-0.4, -0.2) is 37.6 Å². The van der Waals surface area contributed by atoms with Crippen LogP contribution in [-0.2, 0) is 6.54 Å². The summed E-state index contributed by atoms with van der Waals surface area (Å²) in [6.45, 7) is 10.5. The molecule has 0 aromatic heterocycles. The fraction of sp³-hybridized carbons (Fsp3) is 0.588. The van der Waals surface area contributed by atoms with E-state index in [1.165, 1.54) is 12.0 Å². The molecule has 1 fully saturated rings. The van der Waals surface area contributed by atoms with Gasteiger partial charge in [0, 0.05) is 19.6 Å². The lowest BCUT2D eigenvalue weighted by Crippen LogP contribution is -2.40. The zero-order valence-electron chi connectivity index (χ0n) is 13.6. The number of benzene rings is 1. The van der Waals surface area contributed by atoms with Crippen molar-refractivity contribution in [3.05, 3.63) is 29.8 Å². The molecule has 0 amide bonds. The second-order valence-corrected chi connectivity index (χ2v) is 6.35. The molecule has 1 aliphatic heterocycles. The molecule has 4 heteroatoms. The summed E-state index contributed by atoms with van der Waals surface area (Å²) in [5, 5.41) is 3.41. The Morgan fingerprint density at radius 2 is 2.05 bits per heavy atom. The molecule has 0 bridgehead atoms. The molecule has 21 heavy (non-hydrogen) atoms. The van der Waals surface area contributed by atoms with Crippen molar-refractivity contribution in [2.75, 3.05) is 26.7 Å². The van der Waals surface area contributed by atoms with E-state index < -0.39 is 0 Å². The fourth-order valence-electron chi connectivity index (χ4n) is 2.62. The van der Waals surface area contributed by atoms with E-state index in [9.17, 15) is 0 Å². The zero-order chi connectivity index (χ0) is 15.3. The van der Waals surface area contributed by atoms with E-state index in [0.29, 0.717) is 12.0 Å². The summed E-state index contributed by atoms with van der Waals surface area (Å²) in [6, 6.07) is 8.10. The maximum Gasteiger partial charge on any atom is 0.194 e. The predicted molar refractivity (Wildman–Crippen MR) is 87.8 cm³/mol. The predicted octanol–water partition coefficient (Wildman–Crippen LogP) is 2.89. The van der Waals surface area contributed by atoms with Gasteiger partial charge in [0.05, 0.1) is 13.7 Å². The molecule has 0 radical (unpaired) electrons. The van der Waals surface area contributed by atoms with Crippen LogP contribution < -0.4 is 10.1 Å². The zero-order valence-corrected chi connectivity index (χ0v) is 13.6. The highest BCUT2D eigenvalue weighted by Gasteiger charge is 2.30. The number of guanidine groups is 1. The Morgan fingerprint density at radius 3 is 2.57 bits per heavy atom. The SMILES string of the molecule is CCNC(=NCc1ccc(OC)cc1)N1CCC(C)(C)C1. The second kappa shape index (κ2) is 6.83. The van der Waals surface area contributed by atoms with Crippen molar-refractivity contribution in [3.8, 4) is 5.75 Å². The summed E-state index contributed by atoms with van der Waals surface area (Å²) >= 11 is 0. The van der Waals surface area contributed by atoms with Crippen LogP contribution in [0.15, 0.2) is 29.3 Å². The molecule has 0 aliphatic carbocycles. The normalized spacial score (nSPS) is 17.9. The molecule has 2 rings (SSSR count). The lowest BCUT2D eigenvalue weighted by Gasteiger charge is -2.23. The van der Waals surface area contributed by atoms with Crippen molar-refractivity contribution in [2.24, 2.45) is 10.4 Å². The number of nitrogens with one attached hydrogen (secondary N) is 1. The Kier molecular flexibility index (Phi) is 5.10. The standard InChI is InChI=1S/C17H27N3O/c1-5-18-16(20-11-10-17(2,3)13-20)19-12-14-6-8-15(21-4)9-7-14/h6-9H,5,10-13H2,1-4H3,(H,18,19). The third-order valence-electron chi connectivity index (χ3n) is 3.88. The molecular weight excluding hydrogens is 262 g/mol. The highest BCUT2D eigenvalue weighted by molar-refractivity contribution is 5.80. The van der Waals surface area contributed by atoms with Crippen LogP contribution in [0, 0.1) is 5.41 Å². The van der Waals surface area contributed by atoms with Gasteiger partial charge in [-0.1, -0.05) is 26.0 Å². The van der Waals surface area contributed by atoms with Crippen LogP contribution in [0.4, 0.5) is 0 Å². The Hall–Kier alpha value is -1.71. The second-order valence-electron chi connectivity index (χ2n) is 6.35. The molecule has 1 heterocycles. The van der Waals surface area contributed by atoms with E-state index >= 15 is 0 Å². The molecule has 1 saturated heterocycles. The van der Waals surface area contributed by atoms with E-state index in [0.717, 1.165) is 31.3 Å². The maximum absolute atomic E-state index is 5.18. The number of ether oxygens (including phenoxy) is 1. The summed E-state index contributed by atoms with van der Waals surface area (Å²) in [5.74, 6) is 1.91. The van der Waals surface area contributed by atoms with Crippen LogP contribution in [0.3, 0.4) is 0 Å². The van der Waals surface area contributed by atoms with Gasteiger partial charge in [-0.15, -0.1) is 0 Å². The van der Waals surface area contributed by atoms with E-state index in [1.54, 1.807) is 7.11 Å². The van der Waals surface area contributed by atoms with Crippen LogP contribution in [0.1, 0.15) is 32.8 Å². The van der Waals surface area contributed by atoms with Crippen LogP contribution >= 0.6 is 0 Å². The Balaban J connectivity index is 2.03. The Morgan fingerprint density at radius 1 is 1.33 bits per heavy atom. The van der Waals surface area contributed by atoms with Gasteiger partial charge in [-0.3, -0.25) is 0 Å². The van der Waals surface area contributed by atoms with Gasteiger partial charge < -0.3 is 15.0 Å². The Labute approximate surface area is 128 Å². The van der Waals surface area contributed by atoms with Crippen molar-refractivity contribution in [3.63, 3.8) is 0 Å². The smallest absolute Gasteiger partial charge is 0.194 e. The fourth-order valence-corrected chi connectivity index (χ4v) is 2.62. The van der Waals surface area contributed by atoms with Gasteiger partial charge in [0.1, 0.15) is 5.75 Å². The van der Waals surface area contributed by atoms with Gasteiger partial charge in [-0.05, 0) is 36.5 Å². The lowest BCUT2D eigenvalue weighted by atomic mass is 9.93. The number of aliphatic imine (C=N–C) groups is 1. The molecule has 1 aliphatic rings. The molecule has 116 valence electrons. The minimum Gasteiger partial charge on any atom is -0.497 e. The number of nitrogens with zero attached hydrogens (tertiary/aromatic N) is 2. The average Bonchev–Trinajstić information content (AvgIpc) is 2.84. The van der Waals surface area contributed by atoms with Crippen LogP contribution in [0.25, 0.3) is 0 Å². The van der Waals surface area contributed by atoms with E-state index in [1.807, 2.05) is 12.1 Å². The first kappa shape index (κ1) is 15.7. The van der Waals surface area contributed by atoms with Gasteiger partial charge in [-0.25, -0.2) is 4.99 Å². The monoisotopic (exact) mass is 289 g/mol. The minimum absolute atomic E-state index is 0.385. The topological polar surface area (TPSA) is 36.9 Å². The number of methoxy groups -OCH3 is 1. The lowest BCUT2D eigenvalue weighted by molar-refractivity contribution is 0.370. The van der Waals surface area contributed by atoms with Crippen molar-refractivity contribution in [1.29, 1.82) is 0 Å². The van der Waals surface area contributed by atoms with Crippen molar-refractivity contribution in [1.82, 2.24) is 10.2 Å². The first-order valence-corrected chi connectivity index (χ1v) is 7.70. The molecule has 1 N–H and O–H groups in total. The van der Waals surface area contributed by atoms with Gasteiger partial charge in [0.15, 0.2) is 5.96 Å². The minimum atomic E-state index is 0.385. The van der Waals surface area contributed by atoms with E-state index in [2.05, 4.69) is 43.1 Å².